The Morgan fingerprint density at radius 3 is 2.07 bits per heavy atom. The SMILES string of the molecule is CNC(CN1CCCCCC1)C(C)C. The summed E-state index contributed by atoms with van der Waals surface area (Å²) in [5.41, 5.74) is 0. The Hall–Kier alpha value is -0.0800. The fourth-order valence-corrected chi connectivity index (χ4v) is 2.23. The molecule has 14 heavy (non-hydrogen) atoms. The van der Waals surface area contributed by atoms with Crippen LogP contribution in [0.2, 0.25) is 0 Å². The van der Waals surface area contributed by atoms with E-state index in [1.165, 1.54) is 45.3 Å². The Bertz CT molecular complexity index is 137. The van der Waals surface area contributed by atoms with Gasteiger partial charge in [-0.1, -0.05) is 26.7 Å². The summed E-state index contributed by atoms with van der Waals surface area (Å²) in [6.45, 7) is 8.46. The Labute approximate surface area is 89.1 Å². The highest BCUT2D eigenvalue weighted by Gasteiger charge is 2.16. The van der Waals surface area contributed by atoms with Gasteiger partial charge in [-0.3, -0.25) is 0 Å². The molecular weight excluding hydrogens is 172 g/mol. The summed E-state index contributed by atoms with van der Waals surface area (Å²) in [6, 6.07) is 0.660. The summed E-state index contributed by atoms with van der Waals surface area (Å²) in [5.74, 6) is 0.739. The van der Waals surface area contributed by atoms with Crippen molar-refractivity contribution in [2.45, 2.75) is 45.6 Å². The molecule has 2 nitrogen and oxygen atoms in total. The average Bonchev–Trinajstić information content (AvgIpc) is 2.41. The topological polar surface area (TPSA) is 15.3 Å². The third-order valence-corrected chi connectivity index (χ3v) is 3.33. The van der Waals surface area contributed by atoms with Gasteiger partial charge in [0.25, 0.3) is 0 Å². The van der Waals surface area contributed by atoms with Crippen LogP contribution in [0.25, 0.3) is 0 Å². The van der Waals surface area contributed by atoms with Crippen molar-refractivity contribution in [1.82, 2.24) is 10.2 Å². The molecule has 0 aromatic rings. The first kappa shape index (κ1) is 12.0. The molecule has 1 N–H and O–H groups in total. The molecule has 1 fully saturated rings. The average molecular weight is 198 g/mol. The van der Waals surface area contributed by atoms with Crippen molar-refractivity contribution < 1.29 is 0 Å². The van der Waals surface area contributed by atoms with E-state index in [4.69, 9.17) is 0 Å². The van der Waals surface area contributed by atoms with Gasteiger partial charge in [0.05, 0.1) is 0 Å². The van der Waals surface area contributed by atoms with Crippen molar-refractivity contribution in [1.29, 1.82) is 0 Å². The first-order chi connectivity index (χ1) is 6.74. The van der Waals surface area contributed by atoms with E-state index in [0.29, 0.717) is 6.04 Å². The minimum atomic E-state index is 0.660. The first-order valence-electron chi connectivity index (χ1n) is 6.13. The zero-order valence-corrected chi connectivity index (χ0v) is 10.1. The monoisotopic (exact) mass is 198 g/mol. The largest absolute Gasteiger partial charge is 0.315 e. The normalized spacial score (nSPS) is 22.3. The molecule has 1 heterocycles. The van der Waals surface area contributed by atoms with Gasteiger partial charge in [-0.2, -0.15) is 0 Å². The molecule has 1 rings (SSSR count). The van der Waals surface area contributed by atoms with Crippen molar-refractivity contribution in [2.24, 2.45) is 5.92 Å². The van der Waals surface area contributed by atoms with Gasteiger partial charge in [-0.25, -0.2) is 0 Å². The molecule has 1 atom stereocenters. The van der Waals surface area contributed by atoms with Gasteiger partial charge >= 0.3 is 0 Å². The smallest absolute Gasteiger partial charge is 0.0214 e. The maximum absolute atomic E-state index is 3.43. The van der Waals surface area contributed by atoms with E-state index in [1.54, 1.807) is 0 Å². The summed E-state index contributed by atoms with van der Waals surface area (Å²) in [5, 5.41) is 3.43. The second kappa shape index (κ2) is 6.41. The van der Waals surface area contributed by atoms with Crippen LogP contribution in [-0.4, -0.2) is 37.6 Å². The van der Waals surface area contributed by atoms with E-state index in [2.05, 4.69) is 31.1 Å². The van der Waals surface area contributed by atoms with Crippen molar-refractivity contribution >= 4 is 0 Å². The van der Waals surface area contributed by atoms with Crippen molar-refractivity contribution in [3.8, 4) is 0 Å². The van der Waals surface area contributed by atoms with Crippen LogP contribution in [0.3, 0.4) is 0 Å². The summed E-state index contributed by atoms with van der Waals surface area (Å²) >= 11 is 0. The van der Waals surface area contributed by atoms with Crippen LogP contribution in [0.5, 0.6) is 0 Å². The van der Waals surface area contributed by atoms with Gasteiger partial charge in [0.15, 0.2) is 0 Å². The molecule has 1 aliphatic rings. The summed E-state index contributed by atoms with van der Waals surface area (Å²) < 4.78 is 0. The zero-order chi connectivity index (χ0) is 10.4. The lowest BCUT2D eigenvalue weighted by molar-refractivity contribution is 0.230. The zero-order valence-electron chi connectivity index (χ0n) is 10.1. The second-order valence-corrected chi connectivity index (χ2v) is 4.85. The number of hydrogen-bond acceptors (Lipinski definition) is 2. The highest BCUT2D eigenvalue weighted by atomic mass is 15.1. The van der Waals surface area contributed by atoms with Crippen LogP contribution in [-0.2, 0) is 0 Å². The molecule has 1 unspecified atom stereocenters. The number of rotatable bonds is 4. The van der Waals surface area contributed by atoms with E-state index in [0.717, 1.165) is 5.92 Å². The van der Waals surface area contributed by atoms with Crippen molar-refractivity contribution in [3.05, 3.63) is 0 Å². The van der Waals surface area contributed by atoms with Gasteiger partial charge < -0.3 is 10.2 Å². The van der Waals surface area contributed by atoms with Crippen molar-refractivity contribution in [3.63, 3.8) is 0 Å². The van der Waals surface area contributed by atoms with Crippen LogP contribution in [0, 0.1) is 5.92 Å². The predicted octanol–water partition coefficient (Wildman–Crippen LogP) is 2.11. The number of likely N-dealkylation sites (N-methyl/N-ethyl adjacent to an activating group) is 1. The van der Waals surface area contributed by atoms with Gasteiger partial charge in [-0.15, -0.1) is 0 Å². The van der Waals surface area contributed by atoms with Crippen LogP contribution >= 0.6 is 0 Å². The summed E-state index contributed by atoms with van der Waals surface area (Å²) in [4.78, 5) is 2.63. The van der Waals surface area contributed by atoms with E-state index in [9.17, 15) is 0 Å². The lowest BCUT2D eigenvalue weighted by atomic mass is 10.0. The molecule has 2 heteroatoms. The Kier molecular flexibility index (Phi) is 5.49. The highest BCUT2D eigenvalue weighted by Crippen LogP contribution is 2.11. The number of hydrogen-bond donors (Lipinski definition) is 1. The van der Waals surface area contributed by atoms with E-state index in [1.807, 2.05) is 0 Å². The Morgan fingerprint density at radius 1 is 1.07 bits per heavy atom. The minimum Gasteiger partial charge on any atom is -0.315 e. The second-order valence-electron chi connectivity index (χ2n) is 4.85. The molecule has 0 aliphatic carbocycles. The maximum atomic E-state index is 3.43. The molecule has 0 aromatic carbocycles. The molecule has 0 bridgehead atoms. The number of nitrogens with zero attached hydrogens (tertiary/aromatic N) is 1. The molecule has 0 aromatic heterocycles. The van der Waals surface area contributed by atoms with Crippen LogP contribution in [0.1, 0.15) is 39.5 Å². The minimum absolute atomic E-state index is 0.660. The number of likely N-dealkylation sites (tertiary alicyclic amines) is 1. The maximum Gasteiger partial charge on any atom is 0.0214 e. The fourth-order valence-electron chi connectivity index (χ4n) is 2.23. The van der Waals surface area contributed by atoms with E-state index in [-0.39, 0.29) is 0 Å². The standard InChI is InChI=1S/C12H26N2/c1-11(2)12(13-3)10-14-8-6-4-5-7-9-14/h11-13H,4-10H2,1-3H3. The third-order valence-electron chi connectivity index (χ3n) is 3.33. The molecule has 0 amide bonds. The summed E-state index contributed by atoms with van der Waals surface area (Å²) in [6.07, 6.45) is 5.66. The van der Waals surface area contributed by atoms with Crippen molar-refractivity contribution in [2.75, 3.05) is 26.7 Å². The molecule has 0 saturated carbocycles. The van der Waals surface area contributed by atoms with E-state index >= 15 is 0 Å². The highest BCUT2D eigenvalue weighted by molar-refractivity contribution is 4.74. The van der Waals surface area contributed by atoms with Gasteiger partial charge in [-0.05, 0) is 38.9 Å². The molecule has 0 radical (unpaired) electrons. The molecule has 0 spiro atoms. The number of nitrogens with one attached hydrogen (secondary N) is 1. The molecule has 84 valence electrons. The quantitative estimate of drug-likeness (QED) is 0.744. The lowest BCUT2D eigenvalue weighted by Crippen LogP contribution is -2.43. The van der Waals surface area contributed by atoms with E-state index < -0.39 is 0 Å². The lowest BCUT2D eigenvalue weighted by Gasteiger charge is -2.28. The fraction of sp³-hybridized carbons (Fsp3) is 1.00. The molecule has 1 aliphatic heterocycles. The molecule has 1 saturated heterocycles. The van der Waals surface area contributed by atoms with Crippen LogP contribution < -0.4 is 5.32 Å². The predicted molar refractivity (Wildman–Crippen MR) is 62.6 cm³/mol. The molecular formula is C12H26N2. The van der Waals surface area contributed by atoms with Gasteiger partial charge in [0.2, 0.25) is 0 Å². The third kappa shape index (κ3) is 3.97. The summed E-state index contributed by atoms with van der Waals surface area (Å²) in [7, 11) is 2.09. The van der Waals surface area contributed by atoms with Crippen LogP contribution in [0.15, 0.2) is 0 Å². The Morgan fingerprint density at radius 2 is 1.64 bits per heavy atom. The van der Waals surface area contributed by atoms with Gasteiger partial charge in [0, 0.05) is 12.6 Å². The Balaban J connectivity index is 2.32. The first-order valence-corrected chi connectivity index (χ1v) is 6.13. The van der Waals surface area contributed by atoms with Crippen LogP contribution in [0.4, 0.5) is 0 Å². The van der Waals surface area contributed by atoms with Gasteiger partial charge in [0.1, 0.15) is 0 Å².